The van der Waals surface area contributed by atoms with Crippen molar-refractivity contribution in [3.8, 4) is 0 Å². The quantitative estimate of drug-likeness (QED) is 0.644. The number of hydrogen-bond donors (Lipinski definition) is 1. The summed E-state index contributed by atoms with van der Waals surface area (Å²) in [5.41, 5.74) is 0. The van der Waals surface area contributed by atoms with Gasteiger partial charge in [-0.05, 0) is 13.8 Å². The smallest absolute Gasteiger partial charge is 0.221 e. The summed E-state index contributed by atoms with van der Waals surface area (Å²) in [4.78, 5) is 13.8. The Hall–Kier alpha value is -0.610. The molecule has 0 radical (unpaired) electrons. The molecule has 0 spiro atoms. The first-order valence-corrected chi connectivity index (χ1v) is 5.30. The molecule has 14 heavy (non-hydrogen) atoms. The van der Waals surface area contributed by atoms with Crippen molar-refractivity contribution in [2.24, 2.45) is 0 Å². The summed E-state index contributed by atoms with van der Waals surface area (Å²) < 4.78 is 5.51. The van der Waals surface area contributed by atoms with Crippen LogP contribution in [0.3, 0.4) is 0 Å². The normalized spacial score (nSPS) is 34.1. The van der Waals surface area contributed by atoms with Crippen LogP contribution in [0.15, 0.2) is 0 Å². The van der Waals surface area contributed by atoms with Crippen molar-refractivity contribution in [1.82, 2.24) is 10.2 Å². The van der Waals surface area contributed by atoms with Crippen molar-refractivity contribution in [3.05, 3.63) is 0 Å². The highest BCUT2D eigenvalue weighted by Crippen LogP contribution is 2.21. The molecule has 2 bridgehead atoms. The molecule has 1 N–H and O–H groups in total. The Morgan fingerprint density at radius 2 is 2.14 bits per heavy atom. The van der Waals surface area contributed by atoms with Gasteiger partial charge in [-0.25, -0.2) is 0 Å². The van der Waals surface area contributed by atoms with Crippen LogP contribution in [0.25, 0.3) is 0 Å². The molecule has 0 aliphatic carbocycles. The second kappa shape index (κ2) is 3.87. The van der Waals surface area contributed by atoms with E-state index in [-0.39, 0.29) is 11.9 Å². The first kappa shape index (κ1) is 9.93. The van der Waals surface area contributed by atoms with E-state index in [0.717, 1.165) is 13.2 Å². The number of hydrogen-bond acceptors (Lipinski definition) is 3. The third-order valence-electron chi connectivity index (χ3n) is 3.02. The van der Waals surface area contributed by atoms with Crippen molar-refractivity contribution in [1.29, 1.82) is 0 Å². The molecule has 4 nitrogen and oxygen atoms in total. The van der Waals surface area contributed by atoms with E-state index in [9.17, 15) is 4.79 Å². The molecule has 2 rings (SSSR count). The van der Waals surface area contributed by atoms with Gasteiger partial charge in [0.05, 0.1) is 19.3 Å². The van der Waals surface area contributed by atoms with Crippen molar-refractivity contribution >= 4 is 5.91 Å². The zero-order chi connectivity index (χ0) is 10.1. The van der Waals surface area contributed by atoms with Crippen LogP contribution in [0, 0.1) is 0 Å². The molecule has 0 saturated carbocycles. The lowest BCUT2D eigenvalue weighted by molar-refractivity contribution is -0.122. The molecule has 2 aliphatic heterocycles. The van der Waals surface area contributed by atoms with Crippen LogP contribution in [0.5, 0.6) is 0 Å². The number of ether oxygens (including phenoxy) is 1. The van der Waals surface area contributed by atoms with Crippen molar-refractivity contribution in [2.45, 2.75) is 38.4 Å². The van der Waals surface area contributed by atoms with Crippen LogP contribution < -0.4 is 5.32 Å². The molecular formula is C10H18N2O2. The van der Waals surface area contributed by atoms with Gasteiger partial charge in [-0.15, -0.1) is 0 Å². The Kier molecular flexibility index (Phi) is 2.74. The Morgan fingerprint density at radius 1 is 1.43 bits per heavy atom. The Balaban J connectivity index is 2.17. The summed E-state index contributed by atoms with van der Waals surface area (Å²) in [7, 11) is 0. The third kappa shape index (κ3) is 1.77. The number of morpholine rings is 1. The van der Waals surface area contributed by atoms with Gasteiger partial charge in [0.1, 0.15) is 0 Å². The lowest BCUT2D eigenvalue weighted by Crippen LogP contribution is -2.55. The molecule has 0 aromatic rings. The van der Waals surface area contributed by atoms with Gasteiger partial charge in [0.2, 0.25) is 5.91 Å². The molecule has 2 heterocycles. The van der Waals surface area contributed by atoms with Crippen LogP contribution in [0.1, 0.15) is 20.3 Å². The second-order valence-corrected chi connectivity index (χ2v) is 4.39. The monoisotopic (exact) mass is 198 g/mol. The first-order chi connectivity index (χ1) is 6.68. The highest BCUT2D eigenvalue weighted by Gasteiger charge is 2.36. The highest BCUT2D eigenvalue weighted by atomic mass is 16.5. The minimum Gasteiger partial charge on any atom is -0.378 e. The zero-order valence-corrected chi connectivity index (χ0v) is 8.82. The van der Waals surface area contributed by atoms with E-state index in [1.54, 1.807) is 0 Å². The van der Waals surface area contributed by atoms with E-state index in [2.05, 4.69) is 24.1 Å². The summed E-state index contributed by atoms with van der Waals surface area (Å²) in [6.45, 7) is 6.53. The number of rotatable bonds is 1. The summed E-state index contributed by atoms with van der Waals surface area (Å²) in [6.07, 6.45) is 0.578. The number of carbonyl (C=O) groups excluding carboxylic acids is 1. The minimum absolute atomic E-state index is 0.161. The Morgan fingerprint density at radius 3 is 2.86 bits per heavy atom. The van der Waals surface area contributed by atoms with E-state index in [4.69, 9.17) is 4.74 Å². The molecule has 2 atom stereocenters. The van der Waals surface area contributed by atoms with Crippen LogP contribution in [-0.4, -0.2) is 48.7 Å². The topological polar surface area (TPSA) is 41.6 Å². The van der Waals surface area contributed by atoms with Gasteiger partial charge >= 0.3 is 0 Å². The standard InChI is InChI=1S/C10H18N2O2/c1-7(2)12-8-3-10(13)11-4-9(12)6-14-5-8/h7-9H,3-6H2,1-2H3,(H,11,13). The zero-order valence-electron chi connectivity index (χ0n) is 8.82. The summed E-state index contributed by atoms with van der Waals surface area (Å²) in [5, 5.41) is 2.94. The van der Waals surface area contributed by atoms with Crippen molar-refractivity contribution in [3.63, 3.8) is 0 Å². The van der Waals surface area contributed by atoms with Gasteiger partial charge in [-0.2, -0.15) is 0 Å². The fourth-order valence-electron chi connectivity index (χ4n) is 2.50. The Bertz CT molecular complexity index is 230. The maximum Gasteiger partial charge on any atom is 0.221 e. The van der Waals surface area contributed by atoms with Crippen molar-refractivity contribution in [2.75, 3.05) is 19.8 Å². The average molecular weight is 198 g/mol. The number of carbonyl (C=O) groups is 1. The fraction of sp³-hybridized carbons (Fsp3) is 0.900. The second-order valence-electron chi connectivity index (χ2n) is 4.39. The maximum atomic E-state index is 11.4. The van der Waals surface area contributed by atoms with Gasteiger partial charge in [-0.1, -0.05) is 0 Å². The lowest BCUT2D eigenvalue weighted by atomic mass is 10.1. The lowest BCUT2D eigenvalue weighted by Gasteiger charge is -2.42. The van der Waals surface area contributed by atoms with E-state index < -0.39 is 0 Å². The number of fused-ring (bicyclic) bond motifs is 2. The van der Waals surface area contributed by atoms with E-state index in [0.29, 0.717) is 25.1 Å². The van der Waals surface area contributed by atoms with Gasteiger partial charge in [0.15, 0.2) is 0 Å². The van der Waals surface area contributed by atoms with Gasteiger partial charge in [0.25, 0.3) is 0 Å². The molecule has 4 heteroatoms. The predicted octanol–water partition coefficient (Wildman–Crippen LogP) is -0.0159. The van der Waals surface area contributed by atoms with E-state index >= 15 is 0 Å². The molecule has 0 aromatic carbocycles. The van der Waals surface area contributed by atoms with Crippen LogP contribution in [-0.2, 0) is 9.53 Å². The molecule has 2 saturated heterocycles. The fourth-order valence-corrected chi connectivity index (χ4v) is 2.50. The maximum absolute atomic E-state index is 11.4. The largest absolute Gasteiger partial charge is 0.378 e. The SMILES string of the molecule is CC(C)N1C2CNC(=O)CC1COC2. The van der Waals surface area contributed by atoms with Gasteiger partial charge in [0, 0.05) is 25.0 Å². The number of nitrogens with one attached hydrogen (secondary N) is 1. The minimum atomic E-state index is 0.161. The molecule has 2 unspecified atom stereocenters. The molecular weight excluding hydrogens is 180 g/mol. The molecule has 2 fully saturated rings. The Labute approximate surface area is 84.6 Å². The summed E-state index contributed by atoms with van der Waals surface area (Å²) >= 11 is 0. The van der Waals surface area contributed by atoms with E-state index in [1.165, 1.54) is 0 Å². The molecule has 80 valence electrons. The van der Waals surface area contributed by atoms with Crippen molar-refractivity contribution < 1.29 is 9.53 Å². The first-order valence-electron chi connectivity index (χ1n) is 5.30. The molecule has 0 aromatic heterocycles. The average Bonchev–Trinajstić information content (AvgIpc) is 2.22. The van der Waals surface area contributed by atoms with Gasteiger partial charge < -0.3 is 10.1 Å². The summed E-state index contributed by atoms with van der Waals surface area (Å²) in [6, 6.07) is 1.12. The molecule has 2 aliphatic rings. The summed E-state index contributed by atoms with van der Waals surface area (Å²) in [5.74, 6) is 0.161. The van der Waals surface area contributed by atoms with Crippen LogP contribution >= 0.6 is 0 Å². The number of nitrogens with zero attached hydrogens (tertiary/aromatic N) is 1. The van der Waals surface area contributed by atoms with Gasteiger partial charge in [-0.3, -0.25) is 9.69 Å². The van der Waals surface area contributed by atoms with Crippen LogP contribution in [0.2, 0.25) is 0 Å². The highest BCUT2D eigenvalue weighted by molar-refractivity contribution is 5.77. The van der Waals surface area contributed by atoms with E-state index in [1.807, 2.05) is 0 Å². The van der Waals surface area contributed by atoms with Crippen LogP contribution in [0.4, 0.5) is 0 Å². The number of amides is 1. The molecule has 1 amide bonds. The third-order valence-corrected chi connectivity index (χ3v) is 3.02. The predicted molar refractivity (Wildman–Crippen MR) is 53.0 cm³/mol.